The number of hydrogen-bond donors (Lipinski definition) is 1. The SMILES string of the molecule is CC(=O)N1CCC(NC(=O)COc2cccc3ccccc23)CC1. The van der Waals surface area contributed by atoms with Gasteiger partial charge in [0.1, 0.15) is 5.75 Å². The summed E-state index contributed by atoms with van der Waals surface area (Å²) < 4.78 is 5.71. The molecule has 0 unspecified atom stereocenters. The molecule has 0 spiro atoms. The smallest absolute Gasteiger partial charge is 0.258 e. The van der Waals surface area contributed by atoms with Gasteiger partial charge in [0.15, 0.2) is 6.61 Å². The van der Waals surface area contributed by atoms with Crippen molar-refractivity contribution in [1.29, 1.82) is 0 Å². The zero-order chi connectivity index (χ0) is 16.9. The summed E-state index contributed by atoms with van der Waals surface area (Å²) in [5.74, 6) is 0.693. The summed E-state index contributed by atoms with van der Waals surface area (Å²) in [6, 6.07) is 13.9. The van der Waals surface area contributed by atoms with E-state index in [0.717, 1.165) is 29.4 Å². The van der Waals surface area contributed by atoms with Crippen molar-refractivity contribution in [2.75, 3.05) is 19.7 Å². The van der Waals surface area contributed by atoms with Crippen LogP contribution in [0, 0.1) is 0 Å². The maximum absolute atomic E-state index is 12.1. The molecule has 1 N–H and O–H groups in total. The molecule has 2 aromatic rings. The van der Waals surface area contributed by atoms with Crippen molar-refractivity contribution in [1.82, 2.24) is 10.2 Å². The van der Waals surface area contributed by atoms with Gasteiger partial charge in [0.2, 0.25) is 5.91 Å². The highest BCUT2D eigenvalue weighted by molar-refractivity contribution is 5.88. The van der Waals surface area contributed by atoms with Gasteiger partial charge < -0.3 is 15.0 Å². The van der Waals surface area contributed by atoms with E-state index in [1.165, 1.54) is 0 Å². The predicted octanol–water partition coefficient (Wildman–Crippen LogP) is 2.35. The Morgan fingerprint density at radius 2 is 1.83 bits per heavy atom. The Labute approximate surface area is 141 Å². The summed E-state index contributed by atoms with van der Waals surface area (Å²) in [4.78, 5) is 25.2. The molecule has 2 aromatic carbocycles. The van der Waals surface area contributed by atoms with Crippen LogP contribution in [-0.2, 0) is 9.59 Å². The van der Waals surface area contributed by atoms with E-state index in [1.807, 2.05) is 47.4 Å². The van der Waals surface area contributed by atoms with Gasteiger partial charge in [-0.1, -0.05) is 36.4 Å². The molecule has 24 heavy (non-hydrogen) atoms. The summed E-state index contributed by atoms with van der Waals surface area (Å²) in [5, 5.41) is 5.09. The molecule has 3 rings (SSSR count). The van der Waals surface area contributed by atoms with E-state index in [9.17, 15) is 9.59 Å². The average Bonchev–Trinajstić information content (AvgIpc) is 2.60. The number of likely N-dealkylation sites (tertiary alicyclic amines) is 1. The normalized spacial score (nSPS) is 15.3. The first-order valence-corrected chi connectivity index (χ1v) is 8.29. The second kappa shape index (κ2) is 7.34. The lowest BCUT2D eigenvalue weighted by atomic mass is 10.1. The van der Waals surface area contributed by atoms with Crippen molar-refractivity contribution >= 4 is 22.6 Å². The minimum Gasteiger partial charge on any atom is -0.483 e. The molecule has 1 heterocycles. The molecule has 2 amide bonds. The number of carbonyl (C=O) groups is 2. The fourth-order valence-electron chi connectivity index (χ4n) is 3.07. The Balaban J connectivity index is 1.52. The molecule has 1 fully saturated rings. The van der Waals surface area contributed by atoms with Gasteiger partial charge >= 0.3 is 0 Å². The molecule has 5 heteroatoms. The number of amides is 2. The monoisotopic (exact) mass is 326 g/mol. The number of hydrogen-bond acceptors (Lipinski definition) is 3. The van der Waals surface area contributed by atoms with Gasteiger partial charge in [0.05, 0.1) is 0 Å². The first kappa shape index (κ1) is 16.3. The summed E-state index contributed by atoms with van der Waals surface area (Å²) in [6.45, 7) is 2.98. The van der Waals surface area contributed by atoms with E-state index in [-0.39, 0.29) is 24.5 Å². The Morgan fingerprint density at radius 3 is 2.58 bits per heavy atom. The zero-order valence-corrected chi connectivity index (χ0v) is 13.8. The van der Waals surface area contributed by atoms with Gasteiger partial charge in [-0.15, -0.1) is 0 Å². The van der Waals surface area contributed by atoms with Crippen molar-refractivity contribution < 1.29 is 14.3 Å². The number of nitrogens with zero attached hydrogens (tertiary/aromatic N) is 1. The first-order chi connectivity index (χ1) is 11.6. The van der Waals surface area contributed by atoms with E-state index in [2.05, 4.69) is 5.32 Å². The molecule has 1 aliphatic heterocycles. The van der Waals surface area contributed by atoms with Crippen LogP contribution >= 0.6 is 0 Å². The summed E-state index contributed by atoms with van der Waals surface area (Å²) in [6.07, 6.45) is 1.58. The molecular formula is C19H22N2O3. The van der Waals surface area contributed by atoms with Gasteiger partial charge in [-0.05, 0) is 24.3 Å². The average molecular weight is 326 g/mol. The van der Waals surface area contributed by atoms with Crippen molar-refractivity contribution in [3.05, 3.63) is 42.5 Å². The van der Waals surface area contributed by atoms with Crippen molar-refractivity contribution in [3.63, 3.8) is 0 Å². The topological polar surface area (TPSA) is 58.6 Å². The number of piperidine rings is 1. The number of rotatable bonds is 4. The number of fused-ring (bicyclic) bond motifs is 1. The van der Waals surface area contributed by atoms with E-state index >= 15 is 0 Å². The maximum Gasteiger partial charge on any atom is 0.258 e. The Morgan fingerprint density at radius 1 is 1.12 bits per heavy atom. The molecule has 0 bridgehead atoms. The Kier molecular flexibility index (Phi) is 4.99. The summed E-state index contributed by atoms with van der Waals surface area (Å²) in [5.41, 5.74) is 0. The zero-order valence-electron chi connectivity index (χ0n) is 13.8. The third kappa shape index (κ3) is 3.85. The van der Waals surface area contributed by atoms with Crippen LogP contribution in [0.25, 0.3) is 10.8 Å². The van der Waals surface area contributed by atoms with Gasteiger partial charge in [-0.3, -0.25) is 9.59 Å². The van der Waals surface area contributed by atoms with Crippen molar-refractivity contribution in [3.8, 4) is 5.75 Å². The molecule has 0 saturated carbocycles. The highest BCUT2D eigenvalue weighted by atomic mass is 16.5. The van der Waals surface area contributed by atoms with Gasteiger partial charge in [0.25, 0.3) is 5.91 Å². The molecule has 0 radical (unpaired) electrons. The second-order valence-electron chi connectivity index (χ2n) is 6.11. The highest BCUT2D eigenvalue weighted by Gasteiger charge is 2.22. The fraction of sp³-hybridized carbons (Fsp3) is 0.368. The number of carbonyl (C=O) groups excluding carboxylic acids is 2. The molecule has 5 nitrogen and oxygen atoms in total. The fourth-order valence-corrected chi connectivity index (χ4v) is 3.07. The summed E-state index contributed by atoms with van der Waals surface area (Å²) in [7, 11) is 0. The lowest BCUT2D eigenvalue weighted by Crippen LogP contribution is -2.47. The van der Waals surface area contributed by atoms with Crippen molar-refractivity contribution in [2.45, 2.75) is 25.8 Å². The lowest BCUT2D eigenvalue weighted by molar-refractivity contribution is -0.130. The molecular weight excluding hydrogens is 304 g/mol. The van der Waals surface area contributed by atoms with Crippen LogP contribution < -0.4 is 10.1 Å². The second-order valence-corrected chi connectivity index (χ2v) is 6.11. The van der Waals surface area contributed by atoms with Crippen molar-refractivity contribution in [2.24, 2.45) is 0 Å². The number of benzene rings is 2. The van der Waals surface area contributed by atoms with E-state index in [4.69, 9.17) is 4.74 Å². The standard InChI is InChI=1S/C19H22N2O3/c1-14(22)21-11-9-16(10-12-21)20-19(23)13-24-18-8-4-6-15-5-2-3-7-17(15)18/h2-8,16H,9-13H2,1H3,(H,20,23). The molecule has 0 aliphatic carbocycles. The summed E-state index contributed by atoms with van der Waals surface area (Å²) >= 11 is 0. The molecule has 1 saturated heterocycles. The largest absolute Gasteiger partial charge is 0.483 e. The lowest BCUT2D eigenvalue weighted by Gasteiger charge is -2.31. The minimum atomic E-state index is -0.121. The third-order valence-corrected chi connectivity index (χ3v) is 4.41. The van der Waals surface area contributed by atoms with Crippen LogP contribution in [0.3, 0.4) is 0 Å². The van der Waals surface area contributed by atoms with E-state index in [0.29, 0.717) is 13.1 Å². The van der Waals surface area contributed by atoms with Gasteiger partial charge in [-0.2, -0.15) is 0 Å². The third-order valence-electron chi connectivity index (χ3n) is 4.41. The number of nitrogens with one attached hydrogen (secondary N) is 1. The van der Waals surface area contributed by atoms with Crippen LogP contribution in [0.2, 0.25) is 0 Å². The van der Waals surface area contributed by atoms with Crippen LogP contribution in [0.5, 0.6) is 5.75 Å². The molecule has 0 aromatic heterocycles. The maximum atomic E-state index is 12.1. The molecule has 1 aliphatic rings. The van der Waals surface area contributed by atoms with Crippen LogP contribution in [0.15, 0.2) is 42.5 Å². The predicted molar refractivity (Wildman–Crippen MR) is 92.9 cm³/mol. The molecule has 0 atom stereocenters. The van der Waals surface area contributed by atoms with Crippen LogP contribution in [0.4, 0.5) is 0 Å². The van der Waals surface area contributed by atoms with Crippen LogP contribution in [0.1, 0.15) is 19.8 Å². The van der Waals surface area contributed by atoms with Gasteiger partial charge in [-0.25, -0.2) is 0 Å². The quantitative estimate of drug-likeness (QED) is 0.938. The number of ether oxygens (including phenoxy) is 1. The molecule has 126 valence electrons. The van der Waals surface area contributed by atoms with E-state index < -0.39 is 0 Å². The first-order valence-electron chi connectivity index (χ1n) is 8.29. The van der Waals surface area contributed by atoms with E-state index in [1.54, 1.807) is 6.92 Å². The minimum absolute atomic E-state index is 0.000923. The highest BCUT2D eigenvalue weighted by Crippen LogP contribution is 2.25. The van der Waals surface area contributed by atoms with Gasteiger partial charge in [0, 0.05) is 31.4 Å². The van der Waals surface area contributed by atoms with Crippen LogP contribution in [-0.4, -0.2) is 42.5 Å². The Bertz CT molecular complexity index is 731. The Hall–Kier alpha value is -2.56.